The molecule has 1 fully saturated rings. The van der Waals surface area contributed by atoms with Crippen molar-refractivity contribution in [1.29, 1.82) is 0 Å². The first-order valence-electron chi connectivity index (χ1n) is 7.64. The number of hydrogen-bond acceptors (Lipinski definition) is 5. The summed E-state index contributed by atoms with van der Waals surface area (Å²) in [6.07, 6.45) is 0. The molecule has 1 atom stereocenters. The lowest BCUT2D eigenvalue weighted by molar-refractivity contribution is 0.0881. The number of nitrogens with one attached hydrogen (secondary N) is 1. The smallest absolute Gasteiger partial charge is 0.423 e. The van der Waals surface area contributed by atoms with E-state index in [0.29, 0.717) is 30.2 Å². The lowest BCUT2D eigenvalue weighted by Gasteiger charge is -2.37. The van der Waals surface area contributed by atoms with Gasteiger partial charge in [-0.2, -0.15) is 0 Å². The Morgan fingerprint density at radius 1 is 1.45 bits per heavy atom. The monoisotopic (exact) mass is 303 g/mol. The highest BCUT2D eigenvalue weighted by Gasteiger charge is 2.28. The van der Waals surface area contributed by atoms with E-state index in [4.69, 9.17) is 4.65 Å². The molecule has 0 aromatic heterocycles. The largest absolute Gasteiger partial charge is 0.491 e. The molecular weight excluding hydrogens is 281 g/mol. The number of carbonyl (C=O) groups is 1. The fraction of sp³-hybridized carbons (Fsp3) is 0.533. The lowest BCUT2D eigenvalue weighted by Crippen LogP contribution is -2.54. The minimum absolute atomic E-state index is 0.108. The van der Waals surface area contributed by atoms with Crippen molar-refractivity contribution in [3.05, 3.63) is 29.3 Å². The van der Waals surface area contributed by atoms with E-state index < -0.39 is 7.12 Å². The van der Waals surface area contributed by atoms with Crippen molar-refractivity contribution in [2.24, 2.45) is 0 Å². The molecule has 0 saturated carbocycles. The predicted molar refractivity (Wildman–Crippen MR) is 85.1 cm³/mol. The van der Waals surface area contributed by atoms with Gasteiger partial charge in [-0.05, 0) is 37.3 Å². The van der Waals surface area contributed by atoms with Crippen LogP contribution in [0, 0.1) is 0 Å². The molecule has 118 valence electrons. The van der Waals surface area contributed by atoms with Crippen LogP contribution in [0.2, 0.25) is 0 Å². The van der Waals surface area contributed by atoms with Crippen LogP contribution in [0.3, 0.4) is 0 Å². The number of likely N-dealkylation sites (N-methyl/N-ethyl adjacent to an activating group) is 2. The molecule has 7 heteroatoms. The van der Waals surface area contributed by atoms with Gasteiger partial charge in [-0.1, -0.05) is 6.07 Å². The van der Waals surface area contributed by atoms with Crippen LogP contribution >= 0.6 is 0 Å². The molecule has 0 unspecified atom stereocenters. The molecule has 2 aliphatic rings. The predicted octanol–water partition coefficient (Wildman–Crippen LogP) is -1.12. The Bertz CT molecular complexity index is 569. The first-order valence-corrected chi connectivity index (χ1v) is 7.64. The summed E-state index contributed by atoms with van der Waals surface area (Å²) in [5, 5.41) is 12.7. The van der Waals surface area contributed by atoms with Crippen molar-refractivity contribution in [1.82, 2.24) is 15.1 Å². The van der Waals surface area contributed by atoms with Crippen molar-refractivity contribution in [3.8, 4) is 0 Å². The Morgan fingerprint density at radius 2 is 2.27 bits per heavy atom. The van der Waals surface area contributed by atoms with Crippen LogP contribution in [-0.2, 0) is 11.3 Å². The van der Waals surface area contributed by atoms with E-state index in [1.807, 2.05) is 6.07 Å². The Kier molecular flexibility index (Phi) is 4.49. The average Bonchev–Trinajstić information content (AvgIpc) is 2.89. The maximum Gasteiger partial charge on any atom is 0.491 e. The number of nitrogens with zero attached hydrogens (tertiary/aromatic N) is 2. The molecule has 1 aromatic carbocycles. The van der Waals surface area contributed by atoms with Gasteiger partial charge >= 0.3 is 7.12 Å². The van der Waals surface area contributed by atoms with Crippen molar-refractivity contribution >= 4 is 18.5 Å². The van der Waals surface area contributed by atoms with E-state index in [0.717, 1.165) is 25.2 Å². The van der Waals surface area contributed by atoms with E-state index in [9.17, 15) is 9.82 Å². The Morgan fingerprint density at radius 3 is 3.09 bits per heavy atom. The summed E-state index contributed by atoms with van der Waals surface area (Å²) < 4.78 is 5.15. The third kappa shape index (κ3) is 3.17. The lowest BCUT2D eigenvalue weighted by atomic mass is 9.79. The molecule has 2 heterocycles. The molecule has 0 bridgehead atoms. The van der Waals surface area contributed by atoms with Gasteiger partial charge in [0.05, 0.1) is 6.61 Å². The zero-order chi connectivity index (χ0) is 15.7. The zero-order valence-corrected chi connectivity index (χ0v) is 13.1. The van der Waals surface area contributed by atoms with Gasteiger partial charge in [-0.15, -0.1) is 0 Å². The van der Waals surface area contributed by atoms with Gasteiger partial charge in [-0.3, -0.25) is 9.69 Å². The third-order valence-corrected chi connectivity index (χ3v) is 4.55. The van der Waals surface area contributed by atoms with Gasteiger partial charge in [-0.25, -0.2) is 0 Å². The van der Waals surface area contributed by atoms with Crippen LogP contribution < -0.4 is 10.8 Å². The highest BCUT2D eigenvalue weighted by atomic mass is 16.5. The number of carbonyl (C=O) groups excluding carboxylic acids is 1. The fourth-order valence-corrected chi connectivity index (χ4v) is 2.99. The summed E-state index contributed by atoms with van der Waals surface area (Å²) in [5.74, 6) is -0.108. The first kappa shape index (κ1) is 15.5. The van der Waals surface area contributed by atoms with Crippen LogP contribution in [0.25, 0.3) is 0 Å². The highest BCUT2D eigenvalue weighted by molar-refractivity contribution is 6.61. The summed E-state index contributed by atoms with van der Waals surface area (Å²) in [5.41, 5.74) is 2.20. The average molecular weight is 303 g/mol. The second kappa shape index (κ2) is 6.38. The molecule has 6 nitrogen and oxygen atoms in total. The zero-order valence-electron chi connectivity index (χ0n) is 13.1. The number of piperazine rings is 1. The SMILES string of the molecule is CN1CCN(C)[C@@H](CNC(=O)c2ccc3c(c2)B(O)OC3)C1. The minimum Gasteiger partial charge on any atom is -0.423 e. The first-order chi connectivity index (χ1) is 10.5. The summed E-state index contributed by atoms with van der Waals surface area (Å²) in [6, 6.07) is 5.68. The second-order valence-electron chi connectivity index (χ2n) is 6.18. The van der Waals surface area contributed by atoms with E-state index in [1.54, 1.807) is 12.1 Å². The number of benzene rings is 1. The Labute approximate surface area is 131 Å². The Hall–Kier alpha value is -1.41. The van der Waals surface area contributed by atoms with Crippen molar-refractivity contribution in [2.45, 2.75) is 12.6 Å². The van der Waals surface area contributed by atoms with Crippen LogP contribution in [0.15, 0.2) is 18.2 Å². The molecule has 22 heavy (non-hydrogen) atoms. The topological polar surface area (TPSA) is 65.0 Å². The second-order valence-corrected chi connectivity index (χ2v) is 6.18. The van der Waals surface area contributed by atoms with Gasteiger partial charge in [0, 0.05) is 37.8 Å². The molecule has 0 radical (unpaired) electrons. The van der Waals surface area contributed by atoms with Crippen molar-refractivity contribution < 1.29 is 14.5 Å². The van der Waals surface area contributed by atoms with Crippen LogP contribution in [0.1, 0.15) is 15.9 Å². The maximum absolute atomic E-state index is 12.3. The molecular formula is C15H22BN3O3. The van der Waals surface area contributed by atoms with Gasteiger partial charge in [0.25, 0.3) is 5.91 Å². The van der Waals surface area contributed by atoms with Crippen LogP contribution in [0.5, 0.6) is 0 Å². The van der Waals surface area contributed by atoms with Gasteiger partial charge in [0.2, 0.25) is 0 Å². The fourth-order valence-electron chi connectivity index (χ4n) is 2.99. The van der Waals surface area contributed by atoms with Crippen LogP contribution in [0.4, 0.5) is 0 Å². The van der Waals surface area contributed by atoms with E-state index >= 15 is 0 Å². The molecule has 2 N–H and O–H groups in total. The van der Waals surface area contributed by atoms with Crippen molar-refractivity contribution in [3.63, 3.8) is 0 Å². The quantitative estimate of drug-likeness (QED) is 0.693. The van der Waals surface area contributed by atoms with Gasteiger partial charge in [0.1, 0.15) is 0 Å². The number of amides is 1. The summed E-state index contributed by atoms with van der Waals surface area (Å²) in [6.45, 7) is 4.05. The normalized spacial score (nSPS) is 22.7. The molecule has 0 spiro atoms. The molecule has 2 aliphatic heterocycles. The van der Waals surface area contributed by atoms with E-state index in [1.165, 1.54) is 0 Å². The molecule has 0 aliphatic carbocycles. The van der Waals surface area contributed by atoms with E-state index in [2.05, 4.69) is 29.2 Å². The number of rotatable bonds is 3. The molecule has 3 rings (SSSR count). The standard InChI is InChI=1S/C15H22BN3O3/c1-18-5-6-19(2)13(9-18)8-17-15(20)11-3-4-12-10-22-16(21)14(12)7-11/h3-4,7,13,21H,5-6,8-10H2,1-2H3,(H,17,20)/t13-/m0/s1. The minimum atomic E-state index is -0.916. The Balaban J connectivity index is 1.61. The molecule has 1 saturated heterocycles. The summed E-state index contributed by atoms with van der Waals surface area (Å²) in [4.78, 5) is 16.9. The van der Waals surface area contributed by atoms with Gasteiger partial charge in [0.15, 0.2) is 0 Å². The van der Waals surface area contributed by atoms with Gasteiger partial charge < -0.3 is 19.9 Å². The molecule has 1 aromatic rings. The van der Waals surface area contributed by atoms with E-state index in [-0.39, 0.29) is 5.91 Å². The number of hydrogen-bond donors (Lipinski definition) is 2. The third-order valence-electron chi connectivity index (χ3n) is 4.55. The number of fused-ring (bicyclic) bond motifs is 1. The maximum atomic E-state index is 12.3. The summed E-state index contributed by atoms with van der Waals surface area (Å²) >= 11 is 0. The molecule has 1 amide bonds. The highest BCUT2D eigenvalue weighted by Crippen LogP contribution is 2.11. The van der Waals surface area contributed by atoms with Crippen molar-refractivity contribution in [2.75, 3.05) is 40.3 Å². The summed E-state index contributed by atoms with van der Waals surface area (Å²) in [7, 11) is 3.28. The van der Waals surface area contributed by atoms with Crippen LogP contribution in [-0.4, -0.2) is 74.2 Å².